The molecule has 0 radical (unpaired) electrons. The maximum Gasteiger partial charge on any atom is 0.407 e. The Morgan fingerprint density at radius 2 is 1.88 bits per heavy atom. The van der Waals surface area contributed by atoms with Crippen molar-refractivity contribution >= 4 is 33.8 Å². The molecule has 3 aliphatic heterocycles. The highest BCUT2D eigenvalue weighted by atomic mass is 16.5. The molecule has 8 rings (SSSR count). The van der Waals surface area contributed by atoms with Gasteiger partial charge in [-0.3, -0.25) is 4.79 Å². The number of benzene rings is 3. The number of amides is 2. The maximum absolute atomic E-state index is 13.8. The highest BCUT2D eigenvalue weighted by Crippen LogP contribution is 2.43. The first kappa shape index (κ1) is 31.4. The van der Waals surface area contributed by atoms with Gasteiger partial charge in [-0.1, -0.05) is 45.9 Å². The Hall–Kier alpha value is -4.90. The van der Waals surface area contributed by atoms with E-state index in [0.29, 0.717) is 19.1 Å². The lowest BCUT2D eigenvalue weighted by Crippen LogP contribution is -2.51. The summed E-state index contributed by atoms with van der Waals surface area (Å²) in [5.74, 6) is 3.28. The molecule has 0 saturated carbocycles. The Kier molecular flexibility index (Phi) is 7.82. The number of imidazole rings is 2. The van der Waals surface area contributed by atoms with Gasteiger partial charge in [0.25, 0.3) is 0 Å². The smallest absolute Gasteiger partial charge is 0.407 e. The zero-order valence-corrected chi connectivity index (χ0v) is 28.6. The number of carbonyl (C=O) groups is 2. The van der Waals surface area contributed by atoms with Gasteiger partial charge < -0.3 is 35.0 Å². The van der Waals surface area contributed by atoms with Crippen molar-refractivity contribution in [2.45, 2.75) is 65.3 Å². The highest BCUT2D eigenvalue weighted by Gasteiger charge is 2.40. The van der Waals surface area contributed by atoms with Crippen LogP contribution in [0.1, 0.15) is 69.8 Å². The van der Waals surface area contributed by atoms with E-state index in [2.05, 4.69) is 76.9 Å². The molecule has 2 fully saturated rings. The molecule has 3 aromatic carbocycles. The normalized spacial score (nSPS) is 22.3. The molecule has 0 spiro atoms. The van der Waals surface area contributed by atoms with Gasteiger partial charge in [-0.05, 0) is 83.5 Å². The number of H-pyrrole nitrogens is 2. The van der Waals surface area contributed by atoms with Gasteiger partial charge in [-0.15, -0.1) is 0 Å². The third-order valence-electron chi connectivity index (χ3n) is 10.5. The number of methoxy groups -OCH3 is 1. The fourth-order valence-corrected chi connectivity index (χ4v) is 7.84. The average molecular weight is 662 g/mol. The van der Waals surface area contributed by atoms with Gasteiger partial charge in [-0.2, -0.15) is 0 Å². The molecule has 3 aliphatic rings. The molecule has 5 aromatic rings. The maximum atomic E-state index is 13.8. The highest BCUT2D eigenvalue weighted by molar-refractivity contribution is 6.07. The zero-order chi connectivity index (χ0) is 34.0. The molecule has 2 saturated heterocycles. The molecule has 0 aliphatic carbocycles. The van der Waals surface area contributed by atoms with E-state index in [-0.39, 0.29) is 29.8 Å². The summed E-state index contributed by atoms with van der Waals surface area (Å²) < 4.78 is 11.2. The Bertz CT molecular complexity index is 2080. The summed E-state index contributed by atoms with van der Waals surface area (Å²) in [5.41, 5.74) is 7.22. The van der Waals surface area contributed by atoms with Crippen LogP contribution in [-0.4, -0.2) is 63.1 Å². The van der Waals surface area contributed by atoms with Crippen molar-refractivity contribution in [3.63, 3.8) is 0 Å². The summed E-state index contributed by atoms with van der Waals surface area (Å²) in [6, 6.07) is 14.4. The lowest BCUT2D eigenvalue weighted by Gasteiger charge is -2.30. The van der Waals surface area contributed by atoms with Crippen LogP contribution in [0.15, 0.2) is 48.7 Å². The summed E-state index contributed by atoms with van der Waals surface area (Å²) >= 11 is 0. The minimum atomic E-state index is -0.691. The number of hydrogen-bond donors (Lipinski definition) is 4. The molecule has 5 atom stereocenters. The minimum absolute atomic E-state index is 0.104. The average Bonchev–Trinajstić information content (AvgIpc) is 3.91. The second-order valence-corrected chi connectivity index (χ2v) is 14.5. The number of aromatic nitrogens is 4. The van der Waals surface area contributed by atoms with Gasteiger partial charge in [0.15, 0.2) is 0 Å². The number of nitrogens with one attached hydrogen (secondary N) is 4. The van der Waals surface area contributed by atoms with Crippen molar-refractivity contribution in [1.82, 2.24) is 35.5 Å². The van der Waals surface area contributed by atoms with Crippen LogP contribution in [0.3, 0.4) is 0 Å². The van der Waals surface area contributed by atoms with Crippen molar-refractivity contribution in [3.05, 3.63) is 65.9 Å². The molecule has 2 amide bonds. The number of fused-ring (bicyclic) bond motifs is 6. The van der Waals surface area contributed by atoms with Crippen molar-refractivity contribution in [1.29, 1.82) is 0 Å². The van der Waals surface area contributed by atoms with Gasteiger partial charge in [0.1, 0.15) is 30.0 Å². The number of hydrogen-bond acceptors (Lipinski definition) is 7. The molecule has 5 heterocycles. The molecule has 11 heteroatoms. The van der Waals surface area contributed by atoms with Crippen LogP contribution in [-0.2, 0) is 16.1 Å². The van der Waals surface area contributed by atoms with Gasteiger partial charge in [0.05, 0.1) is 42.1 Å². The predicted molar refractivity (Wildman–Crippen MR) is 188 cm³/mol. The van der Waals surface area contributed by atoms with Crippen molar-refractivity contribution in [3.8, 4) is 28.1 Å². The van der Waals surface area contributed by atoms with E-state index in [1.807, 2.05) is 24.9 Å². The minimum Gasteiger partial charge on any atom is -0.488 e. The Morgan fingerprint density at radius 1 is 1.02 bits per heavy atom. The summed E-state index contributed by atoms with van der Waals surface area (Å²) in [6.45, 7) is 10.3. The Morgan fingerprint density at radius 3 is 2.65 bits per heavy atom. The standard InChI is InChI=1S/C38H43N7O4/c1-19(2)33(44-38(47)48-5)37(46)45-17-21(4)11-31(45)36-41-28-9-7-22-13-27-25-8-6-23(30-16-40-35(42-30)29-10-20(3)15-39-29)12-24(25)18-49-32(27)14-26(22)34(28)43-36/h6-9,12-14,16,19-21,29,31,33,39H,10-11,15,17-18H2,1-5H3,(H,40,42)(H,41,43)(H,44,47). The van der Waals surface area contributed by atoms with E-state index in [1.165, 1.54) is 7.11 Å². The van der Waals surface area contributed by atoms with Crippen LogP contribution in [0.5, 0.6) is 5.75 Å². The van der Waals surface area contributed by atoms with Crippen LogP contribution < -0.4 is 15.4 Å². The predicted octanol–water partition coefficient (Wildman–Crippen LogP) is 6.63. The number of rotatable bonds is 6. The molecule has 0 bridgehead atoms. The third kappa shape index (κ3) is 5.59. The Balaban J connectivity index is 1.09. The molecule has 5 unspecified atom stereocenters. The zero-order valence-electron chi connectivity index (χ0n) is 28.6. The second-order valence-electron chi connectivity index (χ2n) is 14.5. The van der Waals surface area contributed by atoms with Crippen molar-refractivity contribution in [2.75, 3.05) is 20.2 Å². The number of likely N-dealkylation sites (tertiary alicyclic amines) is 1. The number of alkyl carbamates (subject to hydrolysis) is 1. The van der Waals surface area contributed by atoms with Crippen LogP contribution in [0.25, 0.3) is 44.2 Å². The summed E-state index contributed by atoms with van der Waals surface area (Å²) in [7, 11) is 1.31. The van der Waals surface area contributed by atoms with Crippen molar-refractivity contribution in [2.24, 2.45) is 17.8 Å². The molecule has 49 heavy (non-hydrogen) atoms. The molecular formula is C38H43N7O4. The van der Waals surface area contributed by atoms with Crippen LogP contribution in [0, 0.1) is 17.8 Å². The number of carbonyl (C=O) groups excluding carboxylic acids is 2. The Labute approximate surface area is 285 Å². The van der Waals surface area contributed by atoms with Crippen molar-refractivity contribution < 1.29 is 19.1 Å². The molecule has 4 N–H and O–H groups in total. The van der Waals surface area contributed by atoms with E-state index in [1.54, 1.807) is 0 Å². The summed E-state index contributed by atoms with van der Waals surface area (Å²) in [6.07, 6.45) is 3.19. The molecule has 254 valence electrons. The molecule has 11 nitrogen and oxygen atoms in total. The number of ether oxygens (including phenoxy) is 2. The lowest BCUT2D eigenvalue weighted by atomic mass is 9.92. The quantitative estimate of drug-likeness (QED) is 0.160. The van der Waals surface area contributed by atoms with E-state index >= 15 is 0 Å². The monoisotopic (exact) mass is 661 g/mol. The topological polar surface area (TPSA) is 137 Å². The second kappa shape index (κ2) is 12.2. The fraction of sp³-hybridized carbons (Fsp3) is 0.421. The van der Waals surface area contributed by atoms with E-state index in [0.717, 1.165) is 86.5 Å². The summed E-state index contributed by atoms with van der Waals surface area (Å²) in [5, 5.41) is 8.36. The van der Waals surface area contributed by atoms with E-state index < -0.39 is 12.1 Å². The largest absolute Gasteiger partial charge is 0.488 e. The van der Waals surface area contributed by atoms with Gasteiger partial charge in [0, 0.05) is 17.5 Å². The summed E-state index contributed by atoms with van der Waals surface area (Å²) in [4.78, 5) is 44.6. The van der Waals surface area contributed by atoms with E-state index in [4.69, 9.17) is 19.4 Å². The molecule has 2 aromatic heterocycles. The van der Waals surface area contributed by atoms with Crippen LogP contribution in [0.2, 0.25) is 0 Å². The first-order valence-electron chi connectivity index (χ1n) is 17.3. The first-order valence-corrected chi connectivity index (χ1v) is 17.3. The molecular weight excluding hydrogens is 618 g/mol. The SMILES string of the molecule is COC(=O)NC(C(=O)N1CC(C)CC1c1nc2c(ccc3cc4c(cc32)OCc2cc(-c3cnc(C5CC(C)CN5)[nH]3)ccc2-4)[nH]1)C(C)C. The third-order valence-corrected chi connectivity index (χ3v) is 10.5. The number of nitrogens with zero attached hydrogens (tertiary/aromatic N) is 3. The number of aromatic amines is 2. The van der Waals surface area contributed by atoms with Crippen LogP contribution in [0.4, 0.5) is 4.79 Å². The van der Waals surface area contributed by atoms with E-state index in [9.17, 15) is 9.59 Å². The lowest BCUT2D eigenvalue weighted by molar-refractivity contribution is -0.135. The van der Waals surface area contributed by atoms with Crippen LogP contribution >= 0.6 is 0 Å². The fourth-order valence-electron chi connectivity index (χ4n) is 7.84. The van der Waals surface area contributed by atoms with Gasteiger partial charge in [0.2, 0.25) is 5.91 Å². The van der Waals surface area contributed by atoms with Gasteiger partial charge in [-0.25, -0.2) is 14.8 Å². The van der Waals surface area contributed by atoms with Gasteiger partial charge >= 0.3 is 6.09 Å². The first-order chi connectivity index (χ1) is 23.7.